The Hall–Kier alpha value is -4.47. The van der Waals surface area contributed by atoms with Crippen LogP contribution in [0.1, 0.15) is 27.1 Å². The number of phenols is 1. The van der Waals surface area contributed by atoms with Crippen molar-refractivity contribution >= 4 is 34.5 Å². The number of aromatic hydroxyl groups is 1. The molecule has 1 aliphatic rings. The Balaban J connectivity index is 1.25. The quantitative estimate of drug-likeness (QED) is 0.398. The number of nitrogens with one attached hydrogen (secondary N) is 2. The molecule has 0 unspecified atom stereocenters. The minimum Gasteiger partial charge on any atom is -0.507 e. The molecule has 184 valence electrons. The Labute approximate surface area is 205 Å². The van der Waals surface area contributed by atoms with Crippen molar-refractivity contribution in [2.45, 2.75) is 6.42 Å². The SMILES string of the molecule is O=C(Nc1ccc(C(=O)N2CCCN(c3nc4ccccc4[nH]3)CC2)c(O)c1)c1cc(F)cc(F)c1. The van der Waals surface area contributed by atoms with E-state index in [-0.39, 0.29) is 28.5 Å². The monoisotopic (exact) mass is 491 g/mol. The summed E-state index contributed by atoms with van der Waals surface area (Å²) in [5.41, 5.74) is 1.91. The van der Waals surface area contributed by atoms with E-state index in [1.807, 2.05) is 24.3 Å². The molecule has 2 amide bonds. The van der Waals surface area contributed by atoms with Crippen molar-refractivity contribution in [1.82, 2.24) is 14.9 Å². The van der Waals surface area contributed by atoms with Crippen LogP contribution in [-0.4, -0.2) is 58.0 Å². The van der Waals surface area contributed by atoms with E-state index in [1.54, 1.807) is 4.90 Å². The summed E-state index contributed by atoms with van der Waals surface area (Å²) in [7, 11) is 0. The topological polar surface area (TPSA) is 102 Å². The predicted molar refractivity (Wildman–Crippen MR) is 131 cm³/mol. The summed E-state index contributed by atoms with van der Waals surface area (Å²) in [5, 5.41) is 13.0. The second kappa shape index (κ2) is 9.65. The summed E-state index contributed by atoms with van der Waals surface area (Å²) in [5.74, 6) is -2.37. The third-order valence-corrected chi connectivity index (χ3v) is 6.07. The predicted octanol–water partition coefficient (Wildman–Crippen LogP) is 4.15. The van der Waals surface area contributed by atoms with E-state index < -0.39 is 17.5 Å². The van der Waals surface area contributed by atoms with Crippen LogP contribution in [-0.2, 0) is 0 Å². The lowest BCUT2D eigenvalue weighted by Crippen LogP contribution is -2.35. The molecule has 0 radical (unpaired) electrons. The molecule has 0 bridgehead atoms. The largest absolute Gasteiger partial charge is 0.507 e. The number of anilines is 2. The molecule has 4 aromatic rings. The van der Waals surface area contributed by atoms with E-state index in [0.29, 0.717) is 25.7 Å². The van der Waals surface area contributed by atoms with Crippen molar-refractivity contribution in [2.24, 2.45) is 0 Å². The zero-order valence-electron chi connectivity index (χ0n) is 19.2. The number of carbonyl (C=O) groups excluding carboxylic acids is 2. The van der Waals surface area contributed by atoms with Crippen LogP contribution in [0.4, 0.5) is 20.4 Å². The fraction of sp³-hybridized carbons (Fsp3) is 0.192. The number of hydrogen-bond acceptors (Lipinski definition) is 5. The molecule has 5 rings (SSSR count). The Kier molecular flexibility index (Phi) is 6.24. The van der Waals surface area contributed by atoms with Gasteiger partial charge in [-0.1, -0.05) is 12.1 Å². The normalized spacial score (nSPS) is 14.1. The van der Waals surface area contributed by atoms with E-state index in [4.69, 9.17) is 0 Å². The van der Waals surface area contributed by atoms with E-state index in [0.717, 1.165) is 42.1 Å². The van der Waals surface area contributed by atoms with Gasteiger partial charge in [-0.15, -0.1) is 0 Å². The highest BCUT2D eigenvalue weighted by Gasteiger charge is 2.24. The Morgan fingerprint density at radius 1 is 0.944 bits per heavy atom. The number of fused-ring (bicyclic) bond motifs is 1. The van der Waals surface area contributed by atoms with Crippen LogP contribution in [0, 0.1) is 11.6 Å². The highest BCUT2D eigenvalue weighted by Crippen LogP contribution is 2.25. The van der Waals surface area contributed by atoms with Gasteiger partial charge in [-0.3, -0.25) is 9.59 Å². The highest BCUT2D eigenvalue weighted by molar-refractivity contribution is 6.05. The maximum atomic E-state index is 13.4. The lowest BCUT2D eigenvalue weighted by molar-refractivity contribution is 0.0764. The standard InChI is InChI=1S/C26H23F2N5O3/c27-17-12-16(13-18(28)14-17)24(35)29-19-6-7-20(23(34)15-19)25(36)32-8-3-9-33(11-10-32)26-30-21-4-1-2-5-22(21)31-26/h1-2,4-7,12-15,34H,3,8-11H2,(H,29,35)(H,30,31). The van der Waals surface area contributed by atoms with Crippen LogP contribution < -0.4 is 10.2 Å². The number of imidazole rings is 1. The molecule has 1 aromatic heterocycles. The van der Waals surface area contributed by atoms with Gasteiger partial charge in [0, 0.05) is 49.6 Å². The number of aromatic nitrogens is 2. The first kappa shape index (κ1) is 23.3. The Morgan fingerprint density at radius 2 is 1.72 bits per heavy atom. The summed E-state index contributed by atoms with van der Waals surface area (Å²) in [6, 6.07) is 14.4. The van der Waals surface area contributed by atoms with Gasteiger partial charge in [0.25, 0.3) is 11.8 Å². The number of aromatic amines is 1. The van der Waals surface area contributed by atoms with Gasteiger partial charge in [0.05, 0.1) is 16.6 Å². The minimum absolute atomic E-state index is 0.0991. The number of para-hydroxylation sites is 2. The fourth-order valence-corrected chi connectivity index (χ4v) is 4.27. The molecule has 0 atom stereocenters. The number of carbonyl (C=O) groups is 2. The second-order valence-corrected chi connectivity index (χ2v) is 8.55. The molecule has 8 nitrogen and oxygen atoms in total. The van der Waals surface area contributed by atoms with Crippen molar-refractivity contribution in [3.05, 3.63) is 83.4 Å². The first-order chi connectivity index (χ1) is 17.4. The number of benzene rings is 3. The third-order valence-electron chi connectivity index (χ3n) is 6.07. The van der Waals surface area contributed by atoms with Crippen LogP contribution in [0.15, 0.2) is 60.7 Å². The van der Waals surface area contributed by atoms with Crippen molar-refractivity contribution < 1.29 is 23.5 Å². The van der Waals surface area contributed by atoms with E-state index in [9.17, 15) is 23.5 Å². The Morgan fingerprint density at radius 3 is 2.47 bits per heavy atom. The molecule has 3 aromatic carbocycles. The van der Waals surface area contributed by atoms with Crippen molar-refractivity contribution in [2.75, 3.05) is 36.4 Å². The van der Waals surface area contributed by atoms with Gasteiger partial charge in [-0.25, -0.2) is 13.8 Å². The number of phenolic OH excluding ortho intramolecular Hbond substituents is 1. The molecule has 10 heteroatoms. The summed E-state index contributed by atoms with van der Waals surface area (Å²) in [6.45, 7) is 2.25. The smallest absolute Gasteiger partial charge is 0.257 e. The van der Waals surface area contributed by atoms with Gasteiger partial charge in [0.15, 0.2) is 0 Å². The van der Waals surface area contributed by atoms with Crippen LogP contribution in [0.5, 0.6) is 5.75 Å². The average molecular weight is 491 g/mol. The molecule has 0 spiro atoms. The number of H-pyrrole nitrogens is 1. The van der Waals surface area contributed by atoms with E-state index >= 15 is 0 Å². The molecule has 1 fully saturated rings. The van der Waals surface area contributed by atoms with Gasteiger partial charge >= 0.3 is 0 Å². The van der Waals surface area contributed by atoms with Crippen molar-refractivity contribution in [3.8, 4) is 5.75 Å². The number of amides is 2. The molecular formula is C26H23F2N5O3. The van der Waals surface area contributed by atoms with E-state index in [1.165, 1.54) is 18.2 Å². The van der Waals surface area contributed by atoms with Gasteiger partial charge in [0.2, 0.25) is 5.95 Å². The maximum Gasteiger partial charge on any atom is 0.257 e. The van der Waals surface area contributed by atoms with Crippen LogP contribution in [0.25, 0.3) is 11.0 Å². The number of nitrogens with zero attached hydrogens (tertiary/aromatic N) is 3. The number of halogens is 2. The van der Waals surface area contributed by atoms with Gasteiger partial charge < -0.3 is 25.2 Å². The summed E-state index contributed by atoms with van der Waals surface area (Å²) in [6.07, 6.45) is 0.724. The maximum absolute atomic E-state index is 13.4. The lowest BCUT2D eigenvalue weighted by Gasteiger charge is -2.22. The molecule has 36 heavy (non-hydrogen) atoms. The van der Waals surface area contributed by atoms with E-state index in [2.05, 4.69) is 20.2 Å². The zero-order chi connectivity index (χ0) is 25.2. The Bertz CT molecular complexity index is 1400. The summed E-state index contributed by atoms with van der Waals surface area (Å²) in [4.78, 5) is 37.2. The van der Waals surface area contributed by atoms with Crippen molar-refractivity contribution in [1.29, 1.82) is 0 Å². The van der Waals surface area contributed by atoms with Crippen LogP contribution in [0.2, 0.25) is 0 Å². The molecular weight excluding hydrogens is 468 g/mol. The zero-order valence-corrected chi connectivity index (χ0v) is 19.2. The first-order valence-electron chi connectivity index (χ1n) is 11.5. The number of rotatable bonds is 4. The van der Waals surface area contributed by atoms with Gasteiger partial charge in [0.1, 0.15) is 17.4 Å². The molecule has 2 heterocycles. The van der Waals surface area contributed by atoms with Gasteiger partial charge in [-0.05, 0) is 42.8 Å². The minimum atomic E-state index is -0.875. The van der Waals surface area contributed by atoms with Crippen molar-refractivity contribution in [3.63, 3.8) is 0 Å². The molecule has 1 aliphatic heterocycles. The first-order valence-corrected chi connectivity index (χ1v) is 11.5. The lowest BCUT2D eigenvalue weighted by atomic mass is 10.1. The number of hydrogen-bond donors (Lipinski definition) is 3. The van der Waals surface area contributed by atoms with Gasteiger partial charge in [-0.2, -0.15) is 0 Å². The van der Waals surface area contributed by atoms with Crippen LogP contribution >= 0.6 is 0 Å². The highest BCUT2D eigenvalue weighted by atomic mass is 19.1. The fourth-order valence-electron chi connectivity index (χ4n) is 4.27. The molecule has 3 N–H and O–H groups in total. The second-order valence-electron chi connectivity index (χ2n) is 8.55. The molecule has 1 saturated heterocycles. The molecule has 0 saturated carbocycles. The molecule has 0 aliphatic carbocycles. The van der Waals surface area contributed by atoms with Crippen LogP contribution in [0.3, 0.4) is 0 Å². The summed E-state index contributed by atoms with van der Waals surface area (Å²) >= 11 is 0. The average Bonchev–Trinajstić information content (AvgIpc) is 3.12. The summed E-state index contributed by atoms with van der Waals surface area (Å²) < 4.78 is 26.8. The third kappa shape index (κ3) is 4.83.